The standard InChI is InChI=1S/C30H32ClFN4O2/c1-33-27-13-6-5-10-23(27)29(37)34-26(20-8-3-2-4-9-20)14-15-35-16-21-18-36(19-22(21)17-35)30(38)28-24(31)11-7-12-25(28)32/h2-13,21-22,26,33H,14-19H2,1H3,(H,34,37)/t21?,22?,26-/m0/s1. The number of carbonyl (C=O) groups excluding carboxylic acids is 2. The summed E-state index contributed by atoms with van der Waals surface area (Å²) < 4.78 is 14.3. The molecule has 2 heterocycles. The Kier molecular flexibility index (Phi) is 7.95. The third-order valence-corrected chi connectivity index (χ3v) is 8.02. The van der Waals surface area contributed by atoms with Gasteiger partial charge in [-0.3, -0.25) is 9.59 Å². The van der Waals surface area contributed by atoms with E-state index in [0.717, 1.165) is 37.3 Å². The number of hydrogen-bond donors (Lipinski definition) is 2. The largest absolute Gasteiger partial charge is 0.387 e. The van der Waals surface area contributed by atoms with Gasteiger partial charge in [0.25, 0.3) is 11.8 Å². The first-order valence-electron chi connectivity index (χ1n) is 13.0. The first-order valence-corrected chi connectivity index (χ1v) is 13.4. The Balaban J connectivity index is 1.20. The number of nitrogens with one attached hydrogen (secondary N) is 2. The second kappa shape index (κ2) is 11.5. The molecule has 0 spiro atoms. The molecular weight excluding hydrogens is 503 g/mol. The van der Waals surface area contributed by atoms with E-state index in [4.69, 9.17) is 11.6 Å². The highest BCUT2D eigenvalue weighted by Crippen LogP contribution is 2.34. The van der Waals surface area contributed by atoms with E-state index >= 15 is 0 Å². The molecular formula is C30H32ClFN4O2. The second-order valence-corrected chi connectivity index (χ2v) is 10.5. The molecule has 5 rings (SSSR count). The van der Waals surface area contributed by atoms with Gasteiger partial charge in [0.1, 0.15) is 5.82 Å². The molecule has 0 aromatic heterocycles. The zero-order valence-corrected chi connectivity index (χ0v) is 22.1. The van der Waals surface area contributed by atoms with Gasteiger partial charge in [-0.1, -0.05) is 60.1 Å². The molecule has 2 fully saturated rings. The smallest absolute Gasteiger partial charge is 0.258 e. The predicted octanol–water partition coefficient (Wildman–Crippen LogP) is 5.09. The van der Waals surface area contributed by atoms with E-state index < -0.39 is 5.82 Å². The normalized spacial score (nSPS) is 19.7. The Morgan fingerprint density at radius 3 is 2.32 bits per heavy atom. The van der Waals surface area contributed by atoms with Crippen molar-refractivity contribution in [1.82, 2.24) is 15.1 Å². The molecule has 8 heteroatoms. The second-order valence-electron chi connectivity index (χ2n) is 10.1. The Morgan fingerprint density at radius 2 is 1.63 bits per heavy atom. The molecule has 2 aliphatic heterocycles. The van der Waals surface area contributed by atoms with Gasteiger partial charge in [0.05, 0.1) is 22.2 Å². The van der Waals surface area contributed by atoms with Crippen molar-refractivity contribution in [3.63, 3.8) is 0 Å². The number of rotatable bonds is 8. The van der Waals surface area contributed by atoms with Crippen LogP contribution in [0.3, 0.4) is 0 Å². The van der Waals surface area contributed by atoms with Crippen LogP contribution < -0.4 is 10.6 Å². The van der Waals surface area contributed by atoms with E-state index in [1.54, 1.807) is 11.0 Å². The van der Waals surface area contributed by atoms with E-state index in [0.29, 0.717) is 30.5 Å². The minimum absolute atomic E-state index is 0.0349. The van der Waals surface area contributed by atoms with Gasteiger partial charge in [-0.25, -0.2) is 4.39 Å². The average Bonchev–Trinajstić information content (AvgIpc) is 3.50. The maximum atomic E-state index is 14.3. The highest BCUT2D eigenvalue weighted by Gasteiger charge is 2.42. The summed E-state index contributed by atoms with van der Waals surface area (Å²) in [7, 11) is 1.81. The lowest BCUT2D eigenvalue weighted by Gasteiger charge is -2.25. The minimum Gasteiger partial charge on any atom is -0.387 e. The number of halogens is 2. The van der Waals surface area contributed by atoms with Crippen LogP contribution in [0.15, 0.2) is 72.8 Å². The zero-order valence-electron chi connectivity index (χ0n) is 21.4. The fourth-order valence-electron chi connectivity index (χ4n) is 5.75. The average molecular weight is 535 g/mol. The summed E-state index contributed by atoms with van der Waals surface area (Å²) in [6.07, 6.45) is 0.768. The third-order valence-electron chi connectivity index (χ3n) is 7.71. The number of nitrogens with zero attached hydrogens (tertiary/aromatic N) is 2. The van der Waals surface area contributed by atoms with Crippen molar-refractivity contribution in [3.8, 4) is 0 Å². The molecule has 0 saturated carbocycles. The fourth-order valence-corrected chi connectivity index (χ4v) is 6.00. The summed E-state index contributed by atoms with van der Waals surface area (Å²) in [4.78, 5) is 30.3. The van der Waals surface area contributed by atoms with Crippen molar-refractivity contribution in [2.24, 2.45) is 11.8 Å². The lowest BCUT2D eigenvalue weighted by molar-refractivity contribution is 0.0769. The van der Waals surface area contributed by atoms with Crippen LogP contribution >= 0.6 is 11.6 Å². The molecule has 0 aliphatic carbocycles. The van der Waals surface area contributed by atoms with Crippen molar-refractivity contribution < 1.29 is 14.0 Å². The van der Waals surface area contributed by atoms with Crippen LogP contribution in [0.1, 0.15) is 38.7 Å². The molecule has 6 nitrogen and oxygen atoms in total. The molecule has 0 bridgehead atoms. The molecule has 3 atom stereocenters. The van der Waals surface area contributed by atoms with Crippen LogP contribution in [0.5, 0.6) is 0 Å². The summed E-state index contributed by atoms with van der Waals surface area (Å²) in [5.41, 5.74) is 2.44. The number of carbonyl (C=O) groups is 2. The van der Waals surface area contributed by atoms with Gasteiger partial charge in [0.2, 0.25) is 0 Å². The highest BCUT2D eigenvalue weighted by molar-refractivity contribution is 6.33. The first-order chi connectivity index (χ1) is 18.4. The number of para-hydroxylation sites is 1. The predicted molar refractivity (Wildman–Crippen MR) is 148 cm³/mol. The van der Waals surface area contributed by atoms with Crippen molar-refractivity contribution in [2.45, 2.75) is 12.5 Å². The Morgan fingerprint density at radius 1 is 0.947 bits per heavy atom. The van der Waals surface area contributed by atoms with E-state index in [-0.39, 0.29) is 28.4 Å². The summed E-state index contributed by atoms with van der Waals surface area (Å²) >= 11 is 6.13. The number of amides is 2. The Hall–Kier alpha value is -3.42. The molecule has 198 valence electrons. The van der Waals surface area contributed by atoms with Gasteiger partial charge in [-0.15, -0.1) is 0 Å². The van der Waals surface area contributed by atoms with Gasteiger partial charge in [-0.2, -0.15) is 0 Å². The van der Waals surface area contributed by atoms with Crippen LogP contribution in [-0.4, -0.2) is 61.4 Å². The summed E-state index contributed by atoms with van der Waals surface area (Å²) in [5.74, 6) is -0.327. The maximum absolute atomic E-state index is 14.3. The summed E-state index contributed by atoms with van der Waals surface area (Å²) in [6.45, 7) is 3.78. The molecule has 3 aromatic carbocycles. The Labute approximate surface area is 227 Å². The maximum Gasteiger partial charge on any atom is 0.258 e. The van der Waals surface area contributed by atoms with Crippen molar-refractivity contribution in [3.05, 3.63) is 100 Å². The van der Waals surface area contributed by atoms with Gasteiger partial charge in [0, 0.05) is 45.5 Å². The third kappa shape index (κ3) is 5.54. The summed E-state index contributed by atoms with van der Waals surface area (Å²) in [5, 5.41) is 6.49. The van der Waals surface area contributed by atoms with E-state index in [1.807, 2.05) is 61.6 Å². The molecule has 2 amide bonds. The SMILES string of the molecule is CNc1ccccc1C(=O)N[C@@H](CCN1CC2CN(C(=O)c3c(F)cccc3Cl)CC2C1)c1ccccc1. The Bertz CT molecular complexity index is 1270. The quantitative estimate of drug-likeness (QED) is 0.423. The molecule has 2 aliphatic rings. The molecule has 3 aromatic rings. The minimum atomic E-state index is -0.576. The van der Waals surface area contributed by atoms with Crippen molar-refractivity contribution in [2.75, 3.05) is 45.1 Å². The number of benzene rings is 3. The number of fused-ring (bicyclic) bond motifs is 1. The molecule has 38 heavy (non-hydrogen) atoms. The lowest BCUT2D eigenvalue weighted by atomic mass is 10.0. The fraction of sp³-hybridized carbons (Fsp3) is 0.333. The van der Waals surface area contributed by atoms with Gasteiger partial charge in [0.15, 0.2) is 0 Å². The topological polar surface area (TPSA) is 64.7 Å². The van der Waals surface area contributed by atoms with Gasteiger partial charge in [-0.05, 0) is 48.1 Å². The van der Waals surface area contributed by atoms with E-state index in [1.165, 1.54) is 12.1 Å². The molecule has 0 radical (unpaired) electrons. The number of likely N-dealkylation sites (tertiary alicyclic amines) is 2. The van der Waals surface area contributed by atoms with Crippen molar-refractivity contribution in [1.29, 1.82) is 0 Å². The van der Waals surface area contributed by atoms with E-state index in [9.17, 15) is 14.0 Å². The van der Waals surface area contributed by atoms with Crippen LogP contribution in [0.2, 0.25) is 5.02 Å². The lowest BCUT2D eigenvalue weighted by Crippen LogP contribution is -2.35. The monoisotopic (exact) mass is 534 g/mol. The molecule has 2 saturated heterocycles. The molecule has 2 N–H and O–H groups in total. The number of anilines is 1. The zero-order chi connectivity index (χ0) is 26.6. The highest BCUT2D eigenvalue weighted by atomic mass is 35.5. The van der Waals surface area contributed by atoms with Crippen LogP contribution in [0.4, 0.5) is 10.1 Å². The van der Waals surface area contributed by atoms with Gasteiger partial charge < -0.3 is 20.4 Å². The molecule has 2 unspecified atom stereocenters. The van der Waals surface area contributed by atoms with Crippen molar-refractivity contribution >= 4 is 29.1 Å². The van der Waals surface area contributed by atoms with E-state index in [2.05, 4.69) is 15.5 Å². The van der Waals surface area contributed by atoms with Crippen LogP contribution in [-0.2, 0) is 0 Å². The van der Waals surface area contributed by atoms with Crippen LogP contribution in [0, 0.1) is 17.7 Å². The summed E-state index contributed by atoms with van der Waals surface area (Å²) in [6, 6.07) is 21.7. The number of hydrogen-bond acceptors (Lipinski definition) is 4. The first kappa shape index (κ1) is 26.2. The van der Waals surface area contributed by atoms with Gasteiger partial charge >= 0.3 is 0 Å². The van der Waals surface area contributed by atoms with Crippen LogP contribution in [0.25, 0.3) is 0 Å².